The summed E-state index contributed by atoms with van der Waals surface area (Å²) in [7, 11) is 0. The van der Waals surface area contributed by atoms with Gasteiger partial charge in [0.15, 0.2) is 5.78 Å². The van der Waals surface area contributed by atoms with Crippen molar-refractivity contribution in [2.24, 2.45) is 0 Å². The van der Waals surface area contributed by atoms with Gasteiger partial charge >= 0.3 is 5.69 Å². The molecule has 3 aromatic rings. The lowest BCUT2D eigenvalue weighted by molar-refractivity contribution is 0.0915. The van der Waals surface area contributed by atoms with Crippen molar-refractivity contribution in [3.8, 4) is 11.4 Å². The summed E-state index contributed by atoms with van der Waals surface area (Å²) in [6.45, 7) is 5.52. The van der Waals surface area contributed by atoms with E-state index in [0.29, 0.717) is 17.0 Å². The Hall–Kier alpha value is -3.12. The number of hydrogen-bond acceptors (Lipinski definition) is 4. The fourth-order valence-electron chi connectivity index (χ4n) is 3.09. The molecule has 0 fully saturated rings. The van der Waals surface area contributed by atoms with Gasteiger partial charge in [0, 0.05) is 17.5 Å². The number of imidazole rings is 1. The van der Waals surface area contributed by atoms with E-state index in [4.69, 9.17) is 4.74 Å². The van der Waals surface area contributed by atoms with Gasteiger partial charge in [0.2, 0.25) is 0 Å². The molecule has 0 bridgehead atoms. The Morgan fingerprint density at radius 3 is 2.50 bits per heavy atom. The van der Waals surface area contributed by atoms with Gasteiger partial charge in [0.1, 0.15) is 18.5 Å². The Morgan fingerprint density at radius 2 is 1.86 bits per heavy atom. The van der Waals surface area contributed by atoms with E-state index in [2.05, 4.69) is 0 Å². The molecule has 1 heterocycles. The summed E-state index contributed by atoms with van der Waals surface area (Å²) in [4.78, 5) is 24.2. The van der Waals surface area contributed by atoms with Crippen LogP contribution in [0.2, 0.25) is 0 Å². The molecule has 0 aliphatic carbocycles. The first kappa shape index (κ1) is 19.6. The van der Waals surface area contributed by atoms with E-state index in [-0.39, 0.29) is 24.6 Å². The first-order valence-corrected chi connectivity index (χ1v) is 9.13. The summed E-state index contributed by atoms with van der Waals surface area (Å²) < 4.78 is 8.64. The number of aliphatic hydroxyl groups is 1. The predicted octanol–water partition coefficient (Wildman–Crippen LogP) is 2.90. The van der Waals surface area contributed by atoms with Crippen LogP contribution in [0, 0.1) is 13.8 Å². The van der Waals surface area contributed by atoms with Crippen molar-refractivity contribution in [1.29, 1.82) is 0 Å². The van der Waals surface area contributed by atoms with Gasteiger partial charge in [0.25, 0.3) is 0 Å². The highest BCUT2D eigenvalue weighted by Crippen LogP contribution is 2.14. The monoisotopic (exact) mass is 380 g/mol. The molecule has 1 aromatic heterocycles. The van der Waals surface area contributed by atoms with Gasteiger partial charge in [-0.25, -0.2) is 4.79 Å². The lowest BCUT2D eigenvalue weighted by atomic mass is 10.1. The van der Waals surface area contributed by atoms with Crippen molar-refractivity contribution in [3.05, 3.63) is 82.0 Å². The number of aryl methyl sites for hydroxylation is 2. The second-order valence-electron chi connectivity index (χ2n) is 6.93. The number of carbonyl (C=O) groups is 1. The quantitative estimate of drug-likeness (QED) is 0.640. The number of rotatable bonds is 7. The molecular formula is C22H24N2O4. The van der Waals surface area contributed by atoms with E-state index in [9.17, 15) is 14.7 Å². The summed E-state index contributed by atoms with van der Waals surface area (Å²) in [6.07, 6.45) is 0.880. The Labute approximate surface area is 163 Å². The highest BCUT2D eigenvalue weighted by Gasteiger charge is 2.14. The van der Waals surface area contributed by atoms with E-state index in [1.165, 1.54) is 11.5 Å². The minimum atomic E-state index is -0.825. The Bertz CT molecular complexity index is 1030. The van der Waals surface area contributed by atoms with Crippen LogP contribution < -0.4 is 10.4 Å². The van der Waals surface area contributed by atoms with Crippen molar-refractivity contribution in [2.75, 3.05) is 6.61 Å². The minimum absolute atomic E-state index is 0.0232. The summed E-state index contributed by atoms with van der Waals surface area (Å²) in [6, 6.07) is 14.5. The van der Waals surface area contributed by atoms with Gasteiger partial charge < -0.3 is 9.84 Å². The van der Waals surface area contributed by atoms with E-state index in [1.54, 1.807) is 35.0 Å². The average molecular weight is 380 g/mol. The fourth-order valence-corrected chi connectivity index (χ4v) is 3.09. The molecule has 0 amide bonds. The highest BCUT2D eigenvalue weighted by atomic mass is 16.5. The SMILES string of the molecule is CC(=O)c1ccc(-n2c(C)cn(C[C@H](O)COc3cccc(C)c3)c2=O)cc1. The van der Waals surface area contributed by atoms with E-state index in [1.807, 2.05) is 38.1 Å². The molecule has 146 valence electrons. The third-order valence-corrected chi connectivity index (χ3v) is 4.50. The Morgan fingerprint density at radius 1 is 1.14 bits per heavy atom. The van der Waals surface area contributed by atoms with E-state index >= 15 is 0 Å². The molecule has 0 unspecified atom stereocenters. The van der Waals surface area contributed by atoms with E-state index in [0.717, 1.165) is 11.3 Å². The van der Waals surface area contributed by atoms with Crippen LogP contribution >= 0.6 is 0 Å². The van der Waals surface area contributed by atoms with Gasteiger partial charge in [-0.3, -0.25) is 13.9 Å². The van der Waals surface area contributed by atoms with Crippen molar-refractivity contribution in [1.82, 2.24) is 9.13 Å². The zero-order chi connectivity index (χ0) is 20.3. The number of nitrogens with zero attached hydrogens (tertiary/aromatic N) is 2. The maximum absolute atomic E-state index is 12.8. The van der Waals surface area contributed by atoms with Crippen molar-refractivity contribution in [3.63, 3.8) is 0 Å². The molecule has 28 heavy (non-hydrogen) atoms. The first-order chi connectivity index (χ1) is 13.3. The lowest BCUT2D eigenvalue weighted by Crippen LogP contribution is -2.31. The number of aliphatic hydroxyl groups excluding tert-OH is 1. The summed E-state index contributed by atoms with van der Waals surface area (Å²) in [5.74, 6) is 0.663. The zero-order valence-electron chi connectivity index (χ0n) is 16.3. The largest absolute Gasteiger partial charge is 0.491 e. The lowest BCUT2D eigenvalue weighted by Gasteiger charge is -2.13. The third kappa shape index (κ3) is 4.40. The molecule has 6 nitrogen and oxygen atoms in total. The highest BCUT2D eigenvalue weighted by molar-refractivity contribution is 5.94. The summed E-state index contributed by atoms with van der Waals surface area (Å²) in [5, 5.41) is 10.3. The molecule has 1 atom stereocenters. The van der Waals surface area contributed by atoms with Crippen molar-refractivity contribution < 1.29 is 14.6 Å². The number of ketones is 1. The van der Waals surface area contributed by atoms with Gasteiger partial charge in [-0.1, -0.05) is 12.1 Å². The van der Waals surface area contributed by atoms with Gasteiger partial charge in [-0.2, -0.15) is 0 Å². The van der Waals surface area contributed by atoms with Crippen LogP contribution in [0.3, 0.4) is 0 Å². The Balaban J connectivity index is 1.72. The van der Waals surface area contributed by atoms with Crippen LogP contribution in [0.1, 0.15) is 28.5 Å². The number of hydrogen-bond donors (Lipinski definition) is 1. The van der Waals surface area contributed by atoms with Crippen LogP contribution in [0.25, 0.3) is 5.69 Å². The Kier molecular flexibility index (Phi) is 5.80. The van der Waals surface area contributed by atoms with Gasteiger partial charge in [-0.05, 0) is 62.7 Å². The summed E-state index contributed by atoms with van der Waals surface area (Å²) in [5.41, 5.74) is 2.84. The zero-order valence-corrected chi connectivity index (χ0v) is 16.3. The molecule has 2 aromatic carbocycles. The molecule has 0 saturated carbocycles. The van der Waals surface area contributed by atoms with Crippen LogP contribution in [0.5, 0.6) is 5.75 Å². The standard InChI is InChI=1S/C22H24N2O4/c1-15-5-4-6-21(11-15)28-14-20(26)13-23-12-16(2)24(22(23)27)19-9-7-18(8-10-19)17(3)25/h4-12,20,26H,13-14H2,1-3H3/t20-/m0/s1. The smallest absolute Gasteiger partial charge is 0.333 e. The molecule has 0 radical (unpaired) electrons. The average Bonchev–Trinajstić information content (AvgIpc) is 2.93. The van der Waals surface area contributed by atoms with Crippen LogP contribution in [0.15, 0.2) is 59.5 Å². The number of aromatic nitrogens is 2. The maximum Gasteiger partial charge on any atom is 0.333 e. The topological polar surface area (TPSA) is 73.5 Å². The molecule has 6 heteroatoms. The number of ether oxygens (including phenoxy) is 1. The second kappa shape index (κ2) is 8.27. The van der Waals surface area contributed by atoms with Gasteiger partial charge in [-0.15, -0.1) is 0 Å². The van der Waals surface area contributed by atoms with Gasteiger partial charge in [0.05, 0.1) is 12.2 Å². The van der Waals surface area contributed by atoms with Crippen molar-refractivity contribution in [2.45, 2.75) is 33.4 Å². The van der Waals surface area contributed by atoms with Crippen LogP contribution in [-0.2, 0) is 6.54 Å². The summed E-state index contributed by atoms with van der Waals surface area (Å²) >= 11 is 0. The number of carbonyl (C=O) groups excluding carboxylic acids is 1. The molecule has 0 spiro atoms. The fraction of sp³-hybridized carbons (Fsp3) is 0.273. The third-order valence-electron chi connectivity index (χ3n) is 4.50. The second-order valence-corrected chi connectivity index (χ2v) is 6.93. The molecule has 1 N–H and O–H groups in total. The maximum atomic E-state index is 12.8. The predicted molar refractivity (Wildman–Crippen MR) is 107 cm³/mol. The molecule has 0 aliphatic rings. The molecule has 0 saturated heterocycles. The van der Waals surface area contributed by atoms with Crippen molar-refractivity contribution >= 4 is 5.78 Å². The van der Waals surface area contributed by atoms with E-state index < -0.39 is 6.10 Å². The molecule has 0 aliphatic heterocycles. The molecular weight excluding hydrogens is 356 g/mol. The number of benzene rings is 2. The minimum Gasteiger partial charge on any atom is -0.491 e. The first-order valence-electron chi connectivity index (χ1n) is 9.13. The van der Waals surface area contributed by atoms with Crippen LogP contribution in [-0.4, -0.2) is 32.7 Å². The normalized spacial score (nSPS) is 12.0. The van der Waals surface area contributed by atoms with Crippen LogP contribution in [0.4, 0.5) is 0 Å². The number of Topliss-reactive ketones (excluding diaryl/α,β-unsaturated/α-hetero) is 1. The molecule has 3 rings (SSSR count).